The zero-order chi connectivity index (χ0) is 29.5. The Morgan fingerprint density at radius 1 is 0.419 bits per heavy atom. The molecule has 43 heavy (non-hydrogen) atoms. The molecule has 0 bridgehead atoms. The zero-order valence-electron chi connectivity index (χ0n) is 23.8. The van der Waals surface area contributed by atoms with Crippen LogP contribution >= 0.6 is 0 Å². The van der Waals surface area contributed by atoms with Gasteiger partial charge in [-0.2, -0.15) is 0 Å². The first-order chi connectivity index (χ1) is 21.3. The molecule has 0 atom stereocenters. The molecule has 0 spiro atoms. The van der Waals surface area contributed by atoms with Gasteiger partial charge in [0, 0.05) is 22.6 Å². The molecule has 204 valence electrons. The number of rotatable bonds is 9. The zero-order valence-corrected chi connectivity index (χ0v) is 23.8. The number of benzene rings is 5. The average molecular weight is 550 g/mol. The van der Waals surface area contributed by atoms with E-state index >= 15 is 0 Å². The summed E-state index contributed by atoms with van der Waals surface area (Å²) in [5.41, 5.74) is 8.67. The largest absolute Gasteiger partial charge is 0.311 e. The first-order valence-corrected chi connectivity index (χ1v) is 14.1. The van der Waals surface area contributed by atoms with Crippen LogP contribution in [0.4, 0.5) is 17.1 Å². The summed E-state index contributed by atoms with van der Waals surface area (Å²) < 4.78 is 0. The summed E-state index contributed by atoms with van der Waals surface area (Å²) in [7, 11) is 0. The number of nitrogens with zero attached hydrogens (tertiary/aromatic N) is 1. The lowest BCUT2D eigenvalue weighted by Gasteiger charge is -2.25. The Hall–Kier alpha value is -6.02. The molecule has 0 N–H and O–H groups in total. The molecule has 0 fully saturated rings. The summed E-state index contributed by atoms with van der Waals surface area (Å²) >= 11 is 0. The van der Waals surface area contributed by atoms with E-state index in [1.165, 1.54) is 11.1 Å². The highest BCUT2D eigenvalue weighted by molar-refractivity contribution is 5.78. The first kappa shape index (κ1) is 28.5. The third-order valence-corrected chi connectivity index (χ3v) is 6.68. The second kappa shape index (κ2) is 15.1. The molecule has 0 unspecified atom stereocenters. The average Bonchev–Trinajstić information content (AvgIpc) is 3.07. The third kappa shape index (κ3) is 8.48. The highest BCUT2D eigenvalue weighted by Crippen LogP contribution is 2.35. The van der Waals surface area contributed by atoms with Crippen molar-refractivity contribution in [3.63, 3.8) is 0 Å². The van der Waals surface area contributed by atoms with Crippen LogP contribution in [-0.2, 0) is 0 Å². The van der Waals surface area contributed by atoms with Crippen molar-refractivity contribution in [2.45, 2.75) is 0 Å². The summed E-state index contributed by atoms with van der Waals surface area (Å²) in [6.45, 7) is 0. The van der Waals surface area contributed by atoms with Crippen LogP contribution < -0.4 is 4.90 Å². The SMILES string of the molecule is C#CC#Cc1ccc(N(c2ccc(/C=C/C=C/c3ccccc3)cc2)c2ccc(/C=C/C=C/c3ccccc3)cc2)cc1. The van der Waals surface area contributed by atoms with Crippen LogP contribution in [0.25, 0.3) is 24.3 Å². The molecule has 0 aliphatic rings. The van der Waals surface area contributed by atoms with Gasteiger partial charge in [-0.15, -0.1) is 6.42 Å². The Balaban J connectivity index is 1.36. The summed E-state index contributed by atoms with van der Waals surface area (Å²) in [4.78, 5) is 2.24. The molecule has 1 nitrogen and oxygen atoms in total. The Kier molecular flexibility index (Phi) is 10.0. The molecule has 5 aromatic carbocycles. The van der Waals surface area contributed by atoms with Crippen molar-refractivity contribution in [1.82, 2.24) is 0 Å². The summed E-state index contributed by atoms with van der Waals surface area (Å²) in [5, 5.41) is 0. The van der Waals surface area contributed by atoms with Crippen LogP contribution in [0, 0.1) is 24.2 Å². The van der Waals surface area contributed by atoms with Crippen LogP contribution in [0.5, 0.6) is 0 Å². The highest BCUT2D eigenvalue weighted by Gasteiger charge is 2.12. The van der Waals surface area contributed by atoms with Crippen molar-refractivity contribution >= 4 is 41.4 Å². The summed E-state index contributed by atoms with van der Waals surface area (Å²) in [5.74, 6) is 8.06. The molecule has 0 aromatic heterocycles. The van der Waals surface area contributed by atoms with Crippen LogP contribution in [0.15, 0.2) is 158 Å². The van der Waals surface area contributed by atoms with Crippen molar-refractivity contribution in [2.24, 2.45) is 0 Å². The van der Waals surface area contributed by atoms with Gasteiger partial charge in [-0.25, -0.2) is 0 Å². The number of hydrogen-bond acceptors (Lipinski definition) is 1. The van der Waals surface area contributed by atoms with E-state index in [0.717, 1.165) is 33.8 Å². The Labute approximate surface area is 255 Å². The van der Waals surface area contributed by atoms with E-state index in [1.54, 1.807) is 0 Å². The molecule has 5 aromatic rings. The number of hydrogen-bond donors (Lipinski definition) is 0. The summed E-state index contributed by atoms with van der Waals surface area (Å²) in [6.07, 6.45) is 22.0. The number of anilines is 3. The monoisotopic (exact) mass is 549 g/mol. The van der Waals surface area contributed by atoms with Crippen molar-refractivity contribution < 1.29 is 0 Å². The molecule has 0 aliphatic carbocycles. The van der Waals surface area contributed by atoms with Gasteiger partial charge < -0.3 is 4.90 Å². The van der Waals surface area contributed by atoms with E-state index < -0.39 is 0 Å². The van der Waals surface area contributed by atoms with Crippen molar-refractivity contribution in [3.8, 4) is 24.2 Å². The molecular weight excluding hydrogens is 518 g/mol. The molecule has 0 radical (unpaired) electrons. The van der Waals surface area contributed by atoms with Crippen molar-refractivity contribution in [3.05, 3.63) is 186 Å². The second-order valence-corrected chi connectivity index (χ2v) is 9.72. The Bertz CT molecular complexity index is 1720. The molecule has 0 aliphatic heterocycles. The van der Waals surface area contributed by atoms with Gasteiger partial charge in [-0.05, 0) is 82.6 Å². The normalized spacial score (nSPS) is 11.1. The topological polar surface area (TPSA) is 3.24 Å². The van der Waals surface area contributed by atoms with E-state index in [2.05, 4.69) is 156 Å². The predicted molar refractivity (Wildman–Crippen MR) is 186 cm³/mol. The van der Waals surface area contributed by atoms with Crippen LogP contribution in [0.3, 0.4) is 0 Å². The molecule has 0 heterocycles. The molecule has 5 rings (SSSR count). The number of allylic oxidation sites excluding steroid dienone is 4. The van der Waals surface area contributed by atoms with E-state index in [-0.39, 0.29) is 0 Å². The lowest BCUT2D eigenvalue weighted by Crippen LogP contribution is -2.09. The first-order valence-electron chi connectivity index (χ1n) is 14.1. The van der Waals surface area contributed by atoms with Gasteiger partial charge in [0.05, 0.1) is 0 Å². The van der Waals surface area contributed by atoms with Gasteiger partial charge in [0.15, 0.2) is 0 Å². The van der Waals surface area contributed by atoms with Crippen LogP contribution in [-0.4, -0.2) is 0 Å². The van der Waals surface area contributed by atoms with Crippen molar-refractivity contribution in [2.75, 3.05) is 4.90 Å². The minimum atomic E-state index is 0.884. The predicted octanol–water partition coefficient (Wildman–Crippen LogP) is 10.6. The van der Waals surface area contributed by atoms with Gasteiger partial charge in [0.25, 0.3) is 0 Å². The molecule has 0 saturated carbocycles. The van der Waals surface area contributed by atoms with Crippen molar-refractivity contribution in [1.29, 1.82) is 0 Å². The lowest BCUT2D eigenvalue weighted by molar-refractivity contribution is 1.28. The molecule has 0 saturated heterocycles. The van der Waals surface area contributed by atoms with Gasteiger partial charge in [-0.3, -0.25) is 0 Å². The third-order valence-electron chi connectivity index (χ3n) is 6.68. The molecule has 1 heteroatoms. The smallest absolute Gasteiger partial charge is 0.0462 e. The fourth-order valence-corrected chi connectivity index (χ4v) is 4.51. The van der Waals surface area contributed by atoms with E-state index in [9.17, 15) is 0 Å². The second-order valence-electron chi connectivity index (χ2n) is 9.72. The maximum absolute atomic E-state index is 5.31. The number of terminal acetylenes is 1. The fourth-order valence-electron chi connectivity index (χ4n) is 4.51. The fraction of sp³-hybridized carbons (Fsp3) is 0. The Morgan fingerprint density at radius 3 is 1.14 bits per heavy atom. The maximum atomic E-state index is 5.31. The van der Waals surface area contributed by atoms with E-state index in [1.807, 2.05) is 48.5 Å². The van der Waals surface area contributed by atoms with E-state index in [4.69, 9.17) is 6.42 Å². The molecular formula is C42H31N. The van der Waals surface area contributed by atoms with Crippen LogP contribution in [0.2, 0.25) is 0 Å². The minimum absolute atomic E-state index is 0.884. The Morgan fingerprint density at radius 2 is 0.767 bits per heavy atom. The van der Waals surface area contributed by atoms with Gasteiger partial charge >= 0.3 is 0 Å². The highest BCUT2D eigenvalue weighted by atomic mass is 15.1. The summed E-state index contributed by atoms with van der Waals surface area (Å²) in [6, 6.07) is 45.9. The molecule has 0 amide bonds. The van der Waals surface area contributed by atoms with Gasteiger partial charge in [0.2, 0.25) is 0 Å². The minimum Gasteiger partial charge on any atom is -0.311 e. The van der Waals surface area contributed by atoms with Gasteiger partial charge in [-0.1, -0.05) is 139 Å². The standard InChI is InChI=1S/C42H31N/c1-2-3-14-37-23-29-40(30-24-37)43(41-31-25-38(26-32-41)21-12-10-19-35-15-6-4-7-16-35)42-33-27-39(28-34-42)22-13-11-20-36-17-8-5-9-18-36/h1,4-13,15-34H/b19-10+,20-11+,21-12+,22-13+. The van der Waals surface area contributed by atoms with E-state index in [0.29, 0.717) is 0 Å². The van der Waals surface area contributed by atoms with Crippen LogP contribution in [0.1, 0.15) is 27.8 Å². The quantitative estimate of drug-likeness (QED) is 0.131. The maximum Gasteiger partial charge on any atom is 0.0462 e. The van der Waals surface area contributed by atoms with Gasteiger partial charge in [0.1, 0.15) is 0 Å². The lowest BCUT2D eigenvalue weighted by atomic mass is 10.1.